The maximum absolute atomic E-state index is 5.21. The number of aromatic nitrogens is 1. The average Bonchev–Trinajstić information content (AvgIpc) is 3.59. The van der Waals surface area contributed by atoms with Crippen LogP contribution >= 0.6 is 0 Å². The van der Waals surface area contributed by atoms with Crippen LogP contribution in [0.25, 0.3) is 11.0 Å². The Morgan fingerprint density at radius 2 is 0.931 bits per heavy atom. The summed E-state index contributed by atoms with van der Waals surface area (Å²) in [5, 5.41) is 5.21. The molecule has 0 N–H and O–H groups in total. The minimum Gasteiger partial charge on any atom is -0.679 e. The maximum Gasteiger partial charge on any atom is 0.0753 e. The predicted molar refractivity (Wildman–Crippen MR) is 239 cm³/mol. The van der Waals surface area contributed by atoms with Crippen molar-refractivity contribution in [2.75, 3.05) is 21.2 Å². The first-order chi connectivity index (χ1) is 28.8. The molecule has 58 heavy (non-hydrogen) atoms. The average molecular weight is 745 g/mol. The Labute approximate surface area is 339 Å². The van der Waals surface area contributed by atoms with E-state index in [2.05, 4.69) is 227 Å². The van der Waals surface area contributed by atoms with Crippen molar-refractivity contribution in [1.29, 1.82) is 0 Å². The van der Waals surface area contributed by atoms with Gasteiger partial charge in [0.2, 0.25) is 0 Å². The van der Waals surface area contributed by atoms with Gasteiger partial charge >= 0.3 is 0 Å². The van der Waals surface area contributed by atoms with Crippen molar-refractivity contribution >= 4 is 56.9 Å². The minimum absolute atomic E-state index is 0.618. The summed E-state index contributed by atoms with van der Waals surface area (Å²) >= 11 is 0. The second-order valence-electron chi connectivity index (χ2n) is 14.7. The van der Waals surface area contributed by atoms with Crippen molar-refractivity contribution in [1.82, 2.24) is 4.98 Å². The largest absolute Gasteiger partial charge is 0.679 e. The van der Waals surface area contributed by atoms with Crippen molar-refractivity contribution in [3.63, 3.8) is 0 Å². The van der Waals surface area contributed by atoms with Gasteiger partial charge in [-0.3, -0.25) is 4.98 Å². The van der Waals surface area contributed by atoms with E-state index < -0.39 is 5.41 Å². The molecule has 276 valence electrons. The molecular weight excluding hydrogens is 707 g/mol. The fraction of sp³-hybridized carbons (Fsp3) is 0.0377. The van der Waals surface area contributed by atoms with Gasteiger partial charge in [-0.25, -0.2) is 0 Å². The van der Waals surface area contributed by atoms with E-state index >= 15 is 0 Å². The van der Waals surface area contributed by atoms with Crippen molar-refractivity contribution in [2.24, 2.45) is 0 Å². The molecule has 1 aromatic heterocycles. The fourth-order valence-corrected chi connectivity index (χ4v) is 9.26. The van der Waals surface area contributed by atoms with Gasteiger partial charge in [0, 0.05) is 46.0 Å². The molecule has 1 aliphatic carbocycles. The quantitative estimate of drug-likeness (QED) is 0.163. The van der Waals surface area contributed by atoms with Crippen LogP contribution in [-0.4, -0.2) is 11.5 Å². The lowest BCUT2D eigenvalue weighted by atomic mass is 9.63. The van der Waals surface area contributed by atoms with Crippen LogP contribution in [0.15, 0.2) is 224 Å². The monoisotopic (exact) mass is 744 g/mol. The molecule has 0 radical (unpaired) electrons. The van der Waals surface area contributed by atoms with Gasteiger partial charge in [-0.1, -0.05) is 103 Å². The van der Waals surface area contributed by atoms with E-state index in [0.29, 0.717) is 6.54 Å². The zero-order valence-corrected chi connectivity index (χ0v) is 31.7. The van der Waals surface area contributed by atoms with Crippen molar-refractivity contribution in [3.8, 4) is 0 Å². The molecule has 0 fully saturated rings. The summed E-state index contributed by atoms with van der Waals surface area (Å²) in [7, 11) is 0. The Balaban J connectivity index is 1.25. The normalized spacial score (nSPS) is 14.2. The van der Waals surface area contributed by atoms with E-state index in [4.69, 9.17) is 10.3 Å². The highest BCUT2D eigenvalue weighted by Gasteiger charge is 2.52. The molecule has 3 heterocycles. The lowest BCUT2D eigenvalue weighted by molar-refractivity contribution is 0.742. The molecule has 3 aliphatic rings. The molecule has 0 unspecified atom stereocenters. The number of para-hydroxylation sites is 5. The lowest BCUT2D eigenvalue weighted by Crippen LogP contribution is -2.37. The van der Waals surface area contributed by atoms with Gasteiger partial charge in [0.05, 0.1) is 22.5 Å². The molecule has 7 aromatic carbocycles. The SMILES string of the molecule is C1=CC2=C([N-]C1)c1ncccc1C21c2cc(N(c3ccccc3)c3ccccc3)ccc2N(c2ccccc2)c2ccc(N(c3ccccc3)c3ccccc3)cc21. The van der Waals surface area contributed by atoms with E-state index in [1.165, 1.54) is 11.1 Å². The van der Waals surface area contributed by atoms with Crippen molar-refractivity contribution < 1.29 is 0 Å². The molecule has 0 bridgehead atoms. The Hall–Kier alpha value is -7.63. The number of hydrogen-bond acceptors (Lipinski definition) is 4. The highest BCUT2D eigenvalue weighted by Crippen LogP contribution is 2.64. The highest BCUT2D eigenvalue weighted by molar-refractivity contribution is 5.99. The van der Waals surface area contributed by atoms with Gasteiger partial charge in [-0.2, -0.15) is 0 Å². The van der Waals surface area contributed by atoms with E-state index in [1.54, 1.807) is 0 Å². The van der Waals surface area contributed by atoms with Crippen LogP contribution in [0, 0.1) is 0 Å². The number of hydrogen-bond donors (Lipinski definition) is 0. The standard InChI is InChI=1S/C53H38N5/c1-6-18-38(19-7-1)56(39-20-8-2-9-21-39)43-30-32-49-47(36-43)53(45-28-16-34-54-51(45)52-46(53)29-17-35-55-52)48-37-44(31-33-50(48)58(49)42-26-14-5-15-27-42)57(40-22-10-3-11-23-40)41-24-12-4-13-25-41/h1-34,36-37H,35H2/q-1. The third kappa shape index (κ3) is 5.21. The second kappa shape index (κ2) is 13.8. The smallest absolute Gasteiger partial charge is 0.0753 e. The Bertz CT molecular complexity index is 2620. The van der Waals surface area contributed by atoms with E-state index in [1.807, 2.05) is 6.20 Å². The first-order valence-corrected chi connectivity index (χ1v) is 19.8. The number of pyridine rings is 1. The number of nitrogens with zero attached hydrogens (tertiary/aromatic N) is 5. The van der Waals surface area contributed by atoms with E-state index in [-0.39, 0.29) is 0 Å². The third-order valence-corrected chi connectivity index (χ3v) is 11.6. The molecule has 0 saturated carbocycles. The van der Waals surface area contributed by atoms with Crippen LogP contribution in [0.2, 0.25) is 0 Å². The molecule has 0 amide bonds. The molecule has 8 aromatic rings. The summed E-state index contributed by atoms with van der Waals surface area (Å²) in [5.74, 6) is 0. The number of allylic oxidation sites excluding steroid dienone is 2. The molecule has 11 rings (SSSR count). The van der Waals surface area contributed by atoms with Crippen LogP contribution in [0.5, 0.6) is 0 Å². The van der Waals surface area contributed by atoms with Crippen LogP contribution in [0.1, 0.15) is 22.4 Å². The van der Waals surface area contributed by atoms with Gasteiger partial charge in [0.1, 0.15) is 0 Å². The topological polar surface area (TPSA) is 36.7 Å². The number of fused-ring (bicyclic) bond motifs is 8. The summed E-state index contributed by atoms with van der Waals surface area (Å²) in [6.07, 6.45) is 6.42. The maximum atomic E-state index is 5.21. The van der Waals surface area contributed by atoms with Crippen molar-refractivity contribution in [3.05, 3.63) is 252 Å². The first kappa shape index (κ1) is 33.7. The summed E-state index contributed by atoms with van der Waals surface area (Å²) in [4.78, 5) is 12.3. The van der Waals surface area contributed by atoms with Crippen LogP contribution in [0.3, 0.4) is 0 Å². The Morgan fingerprint density at radius 1 is 0.466 bits per heavy atom. The number of rotatable bonds is 7. The fourth-order valence-electron chi connectivity index (χ4n) is 9.26. The van der Waals surface area contributed by atoms with Crippen molar-refractivity contribution in [2.45, 2.75) is 5.41 Å². The van der Waals surface area contributed by atoms with E-state index in [0.717, 1.165) is 73.7 Å². The summed E-state index contributed by atoms with van der Waals surface area (Å²) in [6.45, 7) is 0.618. The zero-order chi connectivity index (χ0) is 38.5. The summed E-state index contributed by atoms with van der Waals surface area (Å²) in [6, 6.07) is 71.7. The molecule has 2 aliphatic heterocycles. The predicted octanol–water partition coefficient (Wildman–Crippen LogP) is 13.8. The van der Waals surface area contributed by atoms with Gasteiger partial charge in [-0.15, -0.1) is 18.3 Å². The summed E-state index contributed by atoms with van der Waals surface area (Å²) in [5.41, 5.74) is 15.6. The van der Waals surface area contributed by atoms with Gasteiger partial charge in [0.15, 0.2) is 0 Å². The van der Waals surface area contributed by atoms with Crippen LogP contribution in [-0.2, 0) is 5.41 Å². The molecule has 0 atom stereocenters. The van der Waals surface area contributed by atoms with Gasteiger partial charge < -0.3 is 20.0 Å². The highest BCUT2D eigenvalue weighted by atomic mass is 15.2. The lowest BCUT2D eigenvalue weighted by Gasteiger charge is -2.47. The molecule has 0 saturated heterocycles. The second-order valence-corrected chi connectivity index (χ2v) is 14.7. The van der Waals surface area contributed by atoms with Gasteiger partial charge in [-0.05, 0) is 125 Å². The number of anilines is 9. The molecule has 1 spiro atoms. The van der Waals surface area contributed by atoms with Gasteiger partial charge in [0.25, 0.3) is 0 Å². The zero-order valence-electron chi connectivity index (χ0n) is 31.7. The van der Waals surface area contributed by atoms with Crippen LogP contribution in [0.4, 0.5) is 51.2 Å². The molecule has 5 nitrogen and oxygen atoms in total. The Morgan fingerprint density at radius 3 is 1.41 bits per heavy atom. The first-order valence-electron chi connectivity index (χ1n) is 19.8. The Kier molecular flexibility index (Phi) is 8.04. The van der Waals surface area contributed by atoms with Crippen LogP contribution < -0.4 is 14.7 Å². The third-order valence-electron chi connectivity index (χ3n) is 11.6. The molecule has 5 heteroatoms. The minimum atomic E-state index is -0.751. The number of benzene rings is 7. The molecular formula is C53H38N5-. The van der Waals surface area contributed by atoms with E-state index in [9.17, 15) is 0 Å². The summed E-state index contributed by atoms with van der Waals surface area (Å²) < 4.78 is 0.